The van der Waals surface area contributed by atoms with Crippen LogP contribution in [0.5, 0.6) is 0 Å². The molecule has 0 spiro atoms. The topological polar surface area (TPSA) is 0 Å². The van der Waals surface area contributed by atoms with Crippen molar-refractivity contribution in [2.75, 3.05) is 5.88 Å². The van der Waals surface area contributed by atoms with Gasteiger partial charge in [0.25, 0.3) is 0 Å². The lowest BCUT2D eigenvalue weighted by atomic mass is 10.1. The second kappa shape index (κ2) is 8.42. The van der Waals surface area contributed by atoms with Crippen LogP contribution in [0.4, 0.5) is 0 Å². The van der Waals surface area contributed by atoms with E-state index in [0.717, 1.165) is 12.8 Å². The predicted molar refractivity (Wildman–Crippen MR) is 53.6 cm³/mol. The average molecular weight is 195 g/mol. The van der Waals surface area contributed by atoms with E-state index in [0.29, 0.717) is 5.88 Å². The molecule has 0 bridgehead atoms. The molecular formula is C9H16Cl2. The van der Waals surface area contributed by atoms with Crippen LogP contribution in [0.25, 0.3) is 0 Å². The summed E-state index contributed by atoms with van der Waals surface area (Å²) in [7, 11) is 0. The zero-order valence-corrected chi connectivity index (χ0v) is 8.37. The van der Waals surface area contributed by atoms with Crippen molar-refractivity contribution in [1.29, 1.82) is 0 Å². The molecule has 0 aliphatic carbocycles. The van der Waals surface area contributed by atoms with Crippen LogP contribution in [0, 0.1) is 0 Å². The van der Waals surface area contributed by atoms with E-state index in [1.54, 1.807) is 0 Å². The molecule has 0 aromatic carbocycles. The fraction of sp³-hybridized carbons (Fsp3) is 0.778. The Balaban J connectivity index is 2.95. The molecule has 0 heterocycles. The van der Waals surface area contributed by atoms with Crippen molar-refractivity contribution >= 4 is 23.2 Å². The minimum atomic E-state index is 0.167. The molecule has 11 heavy (non-hydrogen) atoms. The molecule has 0 aliphatic rings. The first-order chi connectivity index (χ1) is 5.31. The number of allylic oxidation sites excluding steroid dienone is 1. The van der Waals surface area contributed by atoms with Gasteiger partial charge in [0.2, 0.25) is 0 Å². The summed E-state index contributed by atoms with van der Waals surface area (Å²) in [5, 5.41) is 0.167. The largest absolute Gasteiger partial charge is 0.125 e. The number of rotatable bonds is 7. The highest BCUT2D eigenvalue weighted by Gasteiger charge is 2.00. The number of alkyl halides is 2. The highest BCUT2D eigenvalue weighted by Crippen LogP contribution is 2.11. The van der Waals surface area contributed by atoms with Crippen LogP contribution in [0.2, 0.25) is 0 Å². The molecule has 0 saturated carbocycles. The normalized spacial score (nSPS) is 12.9. The number of hydrogen-bond donors (Lipinski definition) is 0. The van der Waals surface area contributed by atoms with Crippen LogP contribution in [0.3, 0.4) is 0 Å². The second-order valence-electron chi connectivity index (χ2n) is 2.68. The minimum Gasteiger partial charge on any atom is -0.125 e. The smallest absolute Gasteiger partial charge is 0.0471 e. The van der Waals surface area contributed by atoms with Gasteiger partial charge in [-0.25, -0.2) is 0 Å². The molecule has 1 atom stereocenters. The van der Waals surface area contributed by atoms with E-state index in [9.17, 15) is 0 Å². The third kappa shape index (κ3) is 8.22. The molecule has 0 fully saturated rings. The van der Waals surface area contributed by atoms with Crippen LogP contribution in [0.15, 0.2) is 12.7 Å². The maximum Gasteiger partial charge on any atom is 0.0471 e. The highest BCUT2D eigenvalue weighted by molar-refractivity contribution is 6.28. The molecule has 0 saturated heterocycles. The van der Waals surface area contributed by atoms with E-state index in [2.05, 4.69) is 6.58 Å². The van der Waals surface area contributed by atoms with E-state index in [-0.39, 0.29) is 5.38 Å². The fourth-order valence-corrected chi connectivity index (χ4v) is 1.22. The van der Waals surface area contributed by atoms with Gasteiger partial charge in [0.15, 0.2) is 0 Å². The third-order valence-electron chi connectivity index (χ3n) is 1.59. The lowest BCUT2D eigenvalue weighted by Gasteiger charge is -2.03. The Labute approximate surface area is 79.6 Å². The average Bonchev–Trinajstić information content (AvgIpc) is 2.04. The van der Waals surface area contributed by atoms with E-state index < -0.39 is 0 Å². The van der Waals surface area contributed by atoms with Crippen LogP contribution >= 0.6 is 23.2 Å². The van der Waals surface area contributed by atoms with Gasteiger partial charge in [-0.1, -0.05) is 18.9 Å². The van der Waals surface area contributed by atoms with Gasteiger partial charge in [0.1, 0.15) is 0 Å². The van der Waals surface area contributed by atoms with Gasteiger partial charge in [0, 0.05) is 11.3 Å². The maximum absolute atomic E-state index is 5.83. The highest BCUT2D eigenvalue weighted by atomic mass is 35.5. The van der Waals surface area contributed by atoms with Gasteiger partial charge in [-0.05, 0) is 19.3 Å². The fourth-order valence-electron chi connectivity index (χ4n) is 0.908. The standard InChI is InChI=1S/C9H16Cl2/c1-2-3-4-5-6-7-9(11)8-10/h2,9H,1,3-8H2. The van der Waals surface area contributed by atoms with Crippen molar-refractivity contribution in [2.45, 2.75) is 37.5 Å². The maximum atomic E-state index is 5.83. The molecule has 0 nitrogen and oxygen atoms in total. The summed E-state index contributed by atoms with van der Waals surface area (Å²) < 4.78 is 0. The quantitative estimate of drug-likeness (QED) is 0.327. The number of halogens is 2. The second-order valence-corrected chi connectivity index (χ2v) is 3.60. The van der Waals surface area contributed by atoms with Crippen LogP contribution in [-0.4, -0.2) is 11.3 Å². The van der Waals surface area contributed by atoms with Gasteiger partial charge in [-0.15, -0.1) is 29.8 Å². The van der Waals surface area contributed by atoms with Crippen LogP contribution < -0.4 is 0 Å². The monoisotopic (exact) mass is 194 g/mol. The molecule has 0 aliphatic heterocycles. The molecule has 0 rings (SSSR count). The molecular weight excluding hydrogens is 179 g/mol. The van der Waals surface area contributed by atoms with Crippen LogP contribution in [-0.2, 0) is 0 Å². The molecule has 0 N–H and O–H groups in total. The Kier molecular flexibility index (Phi) is 8.66. The van der Waals surface area contributed by atoms with E-state index >= 15 is 0 Å². The lowest BCUT2D eigenvalue weighted by Crippen LogP contribution is -1.98. The van der Waals surface area contributed by atoms with Crippen molar-refractivity contribution in [2.24, 2.45) is 0 Å². The lowest BCUT2D eigenvalue weighted by molar-refractivity contribution is 0.643. The predicted octanol–water partition coefficient (Wildman–Crippen LogP) is 3.97. The van der Waals surface area contributed by atoms with E-state index in [1.165, 1.54) is 19.3 Å². The van der Waals surface area contributed by atoms with Crippen molar-refractivity contribution in [1.82, 2.24) is 0 Å². The summed E-state index contributed by atoms with van der Waals surface area (Å²) in [5.41, 5.74) is 0. The Morgan fingerprint density at radius 3 is 2.55 bits per heavy atom. The molecule has 0 aromatic rings. The van der Waals surface area contributed by atoms with Gasteiger partial charge >= 0.3 is 0 Å². The Bertz CT molecular complexity index is 91.6. The summed E-state index contributed by atoms with van der Waals surface area (Å²) in [5.74, 6) is 0.572. The van der Waals surface area contributed by atoms with Crippen molar-refractivity contribution < 1.29 is 0 Å². The SMILES string of the molecule is C=CCCCCCC(Cl)CCl. The number of unbranched alkanes of at least 4 members (excludes halogenated alkanes) is 3. The molecule has 0 aromatic heterocycles. The summed E-state index contributed by atoms with van der Waals surface area (Å²) in [6.45, 7) is 3.66. The summed E-state index contributed by atoms with van der Waals surface area (Å²) in [4.78, 5) is 0. The Morgan fingerprint density at radius 1 is 1.27 bits per heavy atom. The Hall–Kier alpha value is 0.320. The number of hydrogen-bond acceptors (Lipinski definition) is 0. The van der Waals surface area contributed by atoms with Gasteiger partial charge < -0.3 is 0 Å². The van der Waals surface area contributed by atoms with E-state index in [4.69, 9.17) is 23.2 Å². The Morgan fingerprint density at radius 2 is 2.00 bits per heavy atom. The van der Waals surface area contributed by atoms with Crippen molar-refractivity contribution in [3.63, 3.8) is 0 Å². The van der Waals surface area contributed by atoms with Gasteiger partial charge in [-0.2, -0.15) is 0 Å². The van der Waals surface area contributed by atoms with Crippen LogP contribution in [0.1, 0.15) is 32.1 Å². The summed E-state index contributed by atoms with van der Waals surface area (Å²) in [6, 6.07) is 0. The zero-order chi connectivity index (χ0) is 8.53. The van der Waals surface area contributed by atoms with Crippen molar-refractivity contribution in [3.05, 3.63) is 12.7 Å². The molecule has 66 valence electrons. The van der Waals surface area contributed by atoms with E-state index in [1.807, 2.05) is 6.08 Å². The molecule has 1 unspecified atom stereocenters. The summed E-state index contributed by atoms with van der Waals surface area (Å²) >= 11 is 11.4. The molecule has 0 radical (unpaired) electrons. The third-order valence-corrected chi connectivity index (χ3v) is 2.50. The first-order valence-corrected chi connectivity index (χ1v) is 5.09. The van der Waals surface area contributed by atoms with Crippen molar-refractivity contribution in [3.8, 4) is 0 Å². The summed E-state index contributed by atoms with van der Waals surface area (Å²) in [6.07, 6.45) is 7.78. The zero-order valence-electron chi connectivity index (χ0n) is 6.86. The van der Waals surface area contributed by atoms with Gasteiger partial charge in [0.05, 0.1) is 0 Å². The minimum absolute atomic E-state index is 0.167. The molecule has 2 heteroatoms. The van der Waals surface area contributed by atoms with Gasteiger partial charge in [-0.3, -0.25) is 0 Å². The molecule has 0 amide bonds. The first kappa shape index (κ1) is 11.3. The first-order valence-electron chi connectivity index (χ1n) is 4.12.